The molecule has 0 unspecified atom stereocenters. The lowest BCUT2D eigenvalue weighted by Gasteiger charge is -2.03. The molecule has 0 saturated carbocycles. The predicted octanol–water partition coefficient (Wildman–Crippen LogP) is 1.70. The Balaban J connectivity index is 2.24. The van der Waals surface area contributed by atoms with Gasteiger partial charge in [-0.2, -0.15) is 12.2 Å². The Morgan fingerprint density at radius 2 is 1.87 bits per heavy atom. The molecule has 0 aromatic heterocycles. The second-order valence-electron chi connectivity index (χ2n) is 2.86. The van der Waals surface area contributed by atoms with Crippen molar-refractivity contribution in [1.82, 2.24) is 0 Å². The smallest absolute Gasteiger partial charge is 0.285 e. The summed E-state index contributed by atoms with van der Waals surface area (Å²) in [5.74, 6) is -0.247. The fraction of sp³-hybridized carbons (Fsp3) is 0.333. The van der Waals surface area contributed by atoms with Crippen molar-refractivity contribution in [1.29, 1.82) is 0 Å². The van der Waals surface area contributed by atoms with Crippen molar-refractivity contribution < 1.29 is 16.9 Å². The summed E-state index contributed by atoms with van der Waals surface area (Å²) in [5, 5.41) is 0. The maximum Gasteiger partial charge on any atom is 0.285 e. The summed E-state index contributed by atoms with van der Waals surface area (Å²) in [7, 11) is -3.63. The molecule has 0 radical (unpaired) electrons. The first kappa shape index (κ1) is 12.4. The predicted molar refractivity (Wildman–Crippen MR) is 56.8 cm³/mol. The highest BCUT2D eigenvalue weighted by Crippen LogP contribution is 2.01. The molecule has 0 N–H and O–H groups in total. The largest absolute Gasteiger partial charge is 0.376 e. The third kappa shape index (κ3) is 5.13. The lowest BCUT2D eigenvalue weighted by Crippen LogP contribution is -2.11. The van der Waals surface area contributed by atoms with Gasteiger partial charge in [0.25, 0.3) is 10.1 Å². The van der Waals surface area contributed by atoms with Gasteiger partial charge in [0.2, 0.25) is 0 Å². The van der Waals surface area contributed by atoms with Crippen LogP contribution in [0.5, 0.6) is 0 Å². The Bertz CT molecular complexity index is 376. The van der Waals surface area contributed by atoms with E-state index in [1.807, 2.05) is 30.3 Å². The lowest BCUT2D eigenvalue weighted by atomic mass is 10.2. The van der Waals surface area contributed by atoms with Gasteiger partial charge < -0.3 is 4.74 Å². The summed E-state index contributed by atoms with van der Waals surface area (Å²) in [6, 6.07) is 9.46. The molecule has 0 saturated heterocycles. The molecule has 0 aliphatic heterocycles. The van der Waals surface area contributed by atoms with Crippen LogP contribution in [0, 0.1) is 0 Å². The number of ether oxygens (including phenoxy) is 1. The van der Waals surface area contributed by atoms with Crippen LogP contribution >= 0.6 is 11.9 Å². The van der Waals surface area contributed by atoms with Gasteiger partial charge in [0, 0.05) is 0 Å². The number of benzene rings is 1. The molecule has 84 valence electrons. The van der Waals surface area contributed by atoms with E-state index in [0.29, 0.717) is 6.61 Å². The van der Waals surface area contributed by atoms with Gasteiger partial charge in [-0.25, -0.2) is 0 Å². The van der Waals surface area contributed by atoms with Gasteiger partial charge in [0.15, 0.2) is 0 Å². The van der Waals surface area contributed by atoms with E-state index in [9.17, 15) is 8.42 Å². The van der Waals surface area contributed by atoms with Crippen LogP contribution in [0.2, 0.25) is 0 Å². The molecule has 0 heterocycles. The second kappa shape index (κ2) is 6.07. The van der Waals surface area contributed by atoms with Gasteiger partial charge in [-0.05, 0) is 5.56 Å². The second-order valence-corrected chi connectivity index (χ2v) is 4.89. The monoisotopic (exact) mass is 250 g/mol. The van der Waals surface area contributed by atoms with E-state index in [1.54, 1.807) is 0 Å². The number of hydrogen-bond donors (Lipinski definition) is 0. The molecule has 1 aromatic carbocycles. The normalized spacial score (nSPS) is 11.5. The zero-order valence-electron chi connectivity index (χ0n) is 7.93. The maximum absolute atomic E-state index is 10.8. The van der Waals surface area contributed by atoms with Crippen LogP contribution in [0.15, 0.2) is 30.3 Å². The van der Waals surface area contributed by atoms with Crippen molar-refractivity contribution >= 4 is 22.0 Å². The van der Waals surface area contributed by atoms with Gasteiger partial charge in [0.05, 0.1) is 25.1 Å². The lowest BCUT2D eigenvalue weighted by molar-refractivity contribution is 0.134. The van der Waals surface area contributed by atoms with Gasteiger partial charge in [0.1, 0.15) is 5.75 Å². The summed E-state index contributed by atoms with van der Waals surface area (Å²) in [5.41, 5.74) is 0.988. The van der Waals surface area contributed by atoms with Gasteiger partial charge in [-0.3, -0.25) is 0 Å². The van der Waals surface area contributed by atoms with Crippen LogP contribution in [0.1, 0.15) is 5.56 Å². The minimum Gasteiger partial charge on any atom is -0.376 e. The average molecular weight is 251 g/mol. The zero-order chi connectivity index (χ0) is 11.1. The quantitative estimate of drug-likeness (QED) is 0.721. The molecule has 0 spiro atoms. The molecule has 1 aromatic rings. The SMILES string of the molecule is O=S(=O)(CCOCc1ccccc1)OCl. The zero-order valence-corrected chi connectivity index (χ0v) is 9.50. The van der Waals surface area contributed by atoms with Crippen molar-refractivity contribution in [3.63, 3.8) is 0 Å². The molecule has 0 fully saturated rings. The third-order valence-electron chi connectivity index (χ3n) is 1.69. The van der Waals surface area contributed by atoms with Crippen molar-refractivity contribution in [2.75, 3.05) is 12.4 Å². The van der Waals surface area contributed by atoms with Crippen LogP contribution in [0.25, 0.3) is 0 Å². The molecule has 0 atom stereocenters. The first-order valence-corrected chi connectivity index (χ1v) is 6.17. The fourth-order valence-corrected chi connectivity index (χ4v) is 1.53. The molecule has 0 aliphatic rings. The van der Waals surface area contributed by atoms with E-state index in [4.69, 9.17) is 16.6 Å². The van der Waals surface area contributed by atoms with E-state index in [2.05, 4.69) is 3.74 Å². The summed E-state index contributed by atoms with van der Waals surface area (Å²) in [6.07, 6.45) is 0. The fourth-order valence-electron chi connectivity index (χ4n) is 0.957. The Morgan fingerprint density at radius 3 is 2.47 bits per heavy atom. The minimum absolute atomic E-state index is 0.0595. The Hall–Kier alpha value is -0.620. The van der Waals surface area contributed by atoms with Crippen LogP contribution in [-0.4, -0.2) is 20.8 Å². The van der Waals surface area contributed by atoms with Gasteiger partial charge >= 0.3 is 0 Å². The number of halogens is 1. The Morgan fingerprint density at radius 1 is 1.20 bits per heavy atom. The Kier molecular flexibility index (Phi) is 5.04. The van der Waals surface area contributed by atoms with E-state index in [-0.39, 0.29) is 12.4 Å². The van der Waals surface area contributed by atoms with E-state index in [1.165, 1.54) is 0 Å². The van der Waals surface area contributed by atoms with Crippen molar-refractivity contribution in [3.8, 4) is 0 Å². The minimum atomic E-state index is -3.63. The van der Waals surface area contributed by atoms with Gasteiger partial charge in [-0.15, -0.1) is 0 Å². The first-order chi connectivity index (χ1) is 7.14. The van der Waals surface area contributed by atoms with Crippen LogP contribution < -0.4 is 0 Å². The highest BCUT2D eigenvalue weighted by atomic mass is 35.5. The maximum atomic E-state index is 10.8. The average Bonchev–Trinajstić information content (AvgIpc) is 2.26. The standard InChI is InChI=1S/C9H11ClO4S/c10-14-15(11,12)7-6-13-8-9-4-2-1-3-5-9/h1-5H,6-8H2. The summed E-state index contributed by atoms with van der Waals surface area (Å²) in [6.45, 7) is 0.433. The summed E-state index contributed by atoms with van der Waals surface area (Å²) in [4.78, 5) is 0. The molecular weight excluding hydrogens is 240 g/mol. The summed E-state index contributed by atoms with van der Waals surface area (Å²) >= 11 is 4.75. The number of rotatable bonds is 6. The van der Waals surface area contributed by atoms with E-state index < -0.39 is 10.1 Å². The van der Waals surface area contributed by atoms with Gasteiger partial charge in [-0.1, -0.05) is 30.3 Å². The first-order valence-electron chi connectivity index (χ1n) is 4.28. The number of hydrogen-bond acceptors (Lipinski definition) is 4. The van der Waals surface area contributed by atoms with Crippen molar-refractivity contribution in [2.24, 2.45) is 0 Å². The topological polar surface area (TPSA) is 52.6 Å². The molecule has 15 heavy (non-hydrogen) atoms. The molecule has 1 rings (SSSR count). The molecular formula is C9H11ClO4S. The molecule has 6 heteroatoms. The van der Waals surface area contributed by atoms with Crippen LogP contribution in [-0.2, 0) is 25.2 Å². The van der Waals surface area contributed by atoms with Crippen LogP contribution in [0.3, 0.4) is 0 Å². The molecule has 4 nitrogen and oxygen atoms in total. The molecule has 0 aliphatic carbocycles. The third-order valence-corrected chi connectivity index (χ3v) is 3.12. The van der Waals surface area contributed by atoms with Crippen molar-refractivity contribution in [2.45, 2.75) is 6.61 Å². The summed E-state index contributed by atoms with van der Waals surface area (Å²) < 4.78 is 30.4. The van der Waals surface area contributed by atoms with Crippen LogP contribution in [0.4, 0.5) is 0 Å². The highest BCUT2D eigenvalue weighted by Gasteiger charge is 2.09. The van der Waals surface area contributed by atoms with Crippen molar-refractivity contribution in [3.05, 3.63) is 35.9 Å². The molecule has 0 amide bonds. The van der Waals surface area contributed by atoms with E-state index in [0.717, 1.165) is 5.56 Å². The molecule has 0 bridgehead atoms. The Labute approximate surface area is 94.1 Å². The highest BCUT2D eigenvalue weighted by molar-refractivity contribution is 7.87. The van der Waals surface area contributed by atoms with E-state index >= 15 is 0 Å².